The van der Waals surface area contributed by atoms with Crippen LogP contribution in [0.25, 0.3) is 22.3 Å². The molecule has 1 N–H and O–H groups in total. The van der Waals surface area contributed by atoms with Gasteiger partial charge in [-0.25, -0.2) is 28.5 Å². The Bertz CT molecular complexity index is 1830. The fraction of sp³-hybridized carbons (Fsp3) is 0.241. The van der Waals surface area contributed by atoms with Crippen molar-refractivity contribution in [2.75, 3.05) is 6.61 Å². The van der Waals surface area contributed by atoms with Crippen LogP contribution in [0.3, 0.4) is 0 Å². The summed E-state index contributed by atoms with van der Waals surface area (Å²) in [6.07, 6.45) is -3.16. The molecule has 3 aromatic heterocycles. The highest BCUT2D eigenvalue weighted by molar-refractivity contribution is 7.11. The third-order valence-corrected chi connectivity index (χ3v) is 7.93. The summed E-state index contributed by atoms with van der Waals surface area (Å²) in [6, 6.07) is 11.0. The van der Waals surface area contributed by atoms with Crippen molar-refractivity contribution in [2.45, 2.75) is 38.3 Å². The minimum Gasteiger partial charge on any atom is -0.478 e. The number of aromatic carboxylic acids is 1. The molecule has 0 bridgehead atoms. The number of fused-ring (bicyclic) bond motifs is 1. The molecule has 1 aliphatic heterocycles. The van der Waals surface area contributed by atoms with Gasteiger partial charge in [-0.15, -0.1) is 11.3 Å². The number of carboxylic acids is 1. The van der Waals surface area contributed by atoms with Crippen LogP contribution < -0.4 is 4.74 Å². The predicted molar refractivity (Wildman–Crippen MR) is 145 cm³/mol. The molecule has 4 heterocycles. The first-order valence-electron chi connectivity index (χ1n) is 13.0. The number of benzene rings is 2. The lowest BCUT2D eigenvalue weighted by molar-refractivity contribution is -0.134. The first-order chi connectivity index (χ1) is 20.5. The Hall–Kier alpha value is -4.43. The van der Waals surface area contributed by atoms with Gasteiger partial charge in [-0.05, 0) is 48.4 Å². The number of rotatable bonds is 9. The SMILES string of the molecule is O=C(O)c1ccc2nc(Cc3cc(F)c(-c4cccc(OCc5ncc(C(F)(F)F)s5)n4)cc3F)n(CC3CCO3)c2c1. The summed E-state index contributed by atoms with van der Waals surface area (Å²) in [5, 5.41) is 9.51. The number of alkyl halides is 3. The molecule has 0 amide bonds. The lowest BCUT2D eigenvalue weighted by Crippen LogP contribution is -2.31. The first-order valence-corrected chi connectivity index (χ1v) is 13.8. The highest BCUT2D eigenvalue weighted by Gasteiger charge is 2.33. The summed E-state index contributed by atoms with van der Waals surface area (Å²) in [4.78, 5) is 23.1. The van der Waals surface area contributed by atoms with Crippen LogP contribution in [0, 0.1) is 11.6 Å². The van der Waals surface area contributed by atoms with Gasteiger partial charge in [-0.3, -0.25) is 0 Å². The Morgan fingerprint density at radius 2 is 1.93 bits per heavy atom. The van der Waals surface area contributed by atoms with Crippen molar-refractivity contribution in [3.63, 3.8) is 0 Å². The van der Waals surface area contributed by atoms with Crippen LogP contribution in [0.5, 0.6) is 5.88 Å². The number of hydrogen-bond acceptors (Lipinski definition) is 7. The minimum atomic E-state index is -4.51. The van der Waals surface area contributed by atoms with Gasteiger partial charge in [-0.1, -0.05) is 6.07 Å². The van der Waals surface area contributed by atoms with E-state index in [-0.39, 0.29) is 52.4 Å². The van der Waals surface area contributed by atoms with Crippen molar-refractivity contribution >= 4 is 28.3 Å². The molecule has 0 aliphatic carbocycles. The summed E-state index contributed by atoms with van der Waals surface area (Å²) in [6.45, 7) is 0.707. The van der Waals surface area contributed by atoms with Crippen molar-refractivity contribution in [3.05, 3.63) is 93.2 Å². The van der Waals surface area contributed by atoms with Gasteiger partial charge in [0, 0.05) is 24.7 Å². The zero-order valence-electron chi connectivity index (χ0n) is 22.1. The van der Waals surface area contributed by atoms with Crippen LogP contribution in [-0.2, 0) is 30.5 Å². The van der Waals surface area contributed by atoms with E-state index < -0.39 is 28.7 Å². The maximum Gasteiger partial charge on any atom is 0.427 e. The number of ether oxygens (including phenoxy) is 2. The van der Waals surface area contributed by atoms with Crippen molar-refractivity contribution in [3.8, 4) is 17.1 Å². The first kappa shape index (κ1) is 28.7. The molecule has 0 spiro atoms. The Morgan fingerprint density at radius 3 is 2.63 bits per heavy atom. The standard InChI is InChI=1S/C29H21F5N4O4S/c30-19-11-18(21-2-1-3-26(37-21)42-14-27-35-12-24(43-27)29(32,33)34)20(31)8-16(19)10-25-36-22-5-4-15(28(39)40)9-23(22)38(25)13-17-6-7-41-17/h1-5,8-9,11-12,17H,6-7,10,13-14H2,(H,39,40). The molecule has 1 atom stereocenters. The topological polar surface area (TPSA) is 99.4 Å². The van der Waals surface area contributed by atoms with Crippen LogP contribution in [0.15, 0.2) is 54.7 Å². The molecule has 6 rings (SSSR count). The highest BCUT2D eigenvalue weighted by atomic mass is 32.1. The Balaban J connectivity index is 1.25. The van der Waals surface area contributed by atoms with Crippen molar-refractivity contribution in [1.29, 1.82) is 0 Å². The molecule has 0 saturated carbocycles. The molecule has 1 fully saturated rings. The predicted octanol–water partition coefficient (Wildman–Crippen LogP) is 6.51. The molecule has 43 heavy (non-hydrogen) atoms. The molecule has 14 heteroatoms. The van der Waals surface area contributed by atoms with Crippen molar-refractivity contribution < 1.29 is 41.3 Å². The molecule has 5 aromatic rings. The highest BCUT2D eigenvalue weighted by Crippen LogP contribution is 2.34. The number of imidazole rings is 1. The number of carbonyl (C=O) groups is 1. The Morgan fingerprint density at radius 1 is 1.12 bits per heavy atom. The second-order valence-electron chi connectivity index (χ2n) is 9.79. The summed E-state index contributed by atoms with van der Waals surface area (Å²) < 4.78 is 82.0. The third kappa shape index (κ3) is 6.06. The van der Waals surface area contributed by atoms with E-state index in [0.717, 1.165) is 24.8 Å². The number of pyridine rings is 1. The third-order valence-electron chi connectivity index (χ3n) is 6.91. The fourth-order valence-electron chi connectivity index (χ4n) is 4.66. The van der Waals surface area contributed by atoms with Gasteiger partial charge < -0.3 is 19.1 Å². The molecule has 2 aromatic carbocycles. The van der Waals surface area contributed by atoms with E-state index in [0.29, 0.717) is 41.3 Å². The van der Waals surface area contributed by atoms with Gasteiger partial charge in [0.25, 0.3) is 0 Å². The average Bonchev–Trinajstić information content (AvgIpc) is 3.56. The van der Waals surface area contributed by atoms with Gasteiger partial charge in [0.15, 0.2) is 0 Å². The summed E-state index contributed by atoms with van der Waals surface area (Å²) >= 11 is 0.440. The molecule has 1 aliphatic rings. The molecular weight excluding hydrogens is 595 g/mol. The number of carboxylic acid groups (broad SMARTS) is 1. The fourth-order valence-corrected chi connectivity index (χ4v) is 5.35. The molecule has 0 radical (unpaired) electrons. The van der Waals surface area contributed by atoms with Crippen LogP contribution in [0.1, 0.15) is 38.1 Å². The van der Waals surface area contributed by atoms with Gasteiger partial charge in [0.2, 0.25) is 5.88 Å². The lowest BCUT2D eigenvalue weighted by atomic mass is 10.0. The van der Waals surface area contributed by atoms with E-state index in [1.165, 1.54) is 30.3 Å². The summed E-state index contributed by atoms with van der Waals surface area (Å²) in [5.74, 6) is -2.14. The number of thiazole rings is 1. The molecule has 1 saturated heterocycles. The van der Waals surface area contributed by atoms with E-state index in [1.807, 2.05) is 0 Å². The second-order valence-corrected chi connectivity index (χ2v) is 10.9. The zero-order chi connectivity index (χ0) is 30.3. The van der Waals surface area contributed by atoms with Gasteiger partial charge in [0.05, 0.1) is 41.1 Å². The quantitative estimate of drug-likeness (QED) is 0.189. The second kappa shape index (κ2) is 11.3. The van der Waals surface area contributed by atoms with E-state index in [1.54, 1.807) is 10.6 Å². The van der Waals surface area contributed by atoms with Crippen LogP contribution in [0.2, 0.25) is 0 Å². The van der Waals surface area contributed by atoms with Crippen LogP contribution in [0.4, 0.5) is 22.0 Å². The van der Waals surface area contributed by atoms with Crippen LogP contribution in [-0.4, -0.2) is 43.3 Å². The monoisotopic (exact) mass is 616 g/mol. The largest absolute Gasteiger partial charge is 0.478 e. The zero-order valence-corrected chi connectivity index (χ0v) is 22.9. The Labute approximate surface area is 244 Å². The van der Waals surface area contributed by atoms with E-state index in [4.69, 9.17) is 9.47 Å². The van der Waals surface area contributed by atoms with E-state index in [2.05, 4.69) is 15.0 Å². The lowest BCUT2D eigenvalue weighted by Gasteiger charge is -2.27. The number of hydrogen-bond donors (Lipinski definition) is 1. The molecular formula is C29H21F5N4O4S. The molecule has 222 valence electrons. The number of halogens is 5. The minimum absolute atomic E-state index is 0.00203. The van der Waals surface area contributed by atoms with Gasteiger partial charge >= 0.3 is 12.1 Å². The van der Waals surface area contributed by atoms with Crippen molar-refractivity contribution in [1.82, 2.24) is 19.5 Å². The summed E-state index contributed by atoms with van der Waals surface area (Å²) in [5.41, 5.74) is 1.10. The van der Waals surface area contributed by atoms with Gasteiger partial charge in [-0.2, -0.15) is 13.2 Å². The smallest absolute Gasteiger partial charge is 0.427 e. The van der Waals surface area contributed by atoms with E-state index in [9.17, 15) is 23.1 Å². The molecule has 8 nitrogen and oxygen atoms in total. The Kier molecular flexibility index (Phi) is 7.56. The number of nitrogens with zero attached hydrogens (tertiary/aromatic N) is 4. The van der Waals surface area contributed by atoms with Crippen molar-refractivity contribution in [2.24, 2.45) is 0 Å². The van der Waals surface area contributed by atoms with Crippen LogP contribution >= 0.6 is 11.3 Å². The van der Waals surface area contributed by atoms with E-state index >= 15 is 8.78 Å². The molecule has 1 unspecified atom stereocenters. The maximum absolute atomic E-state index is 15.4. The maximum atomic E-state index is 15.4. The summed E-state index contributed by atoms with van der Waals surface area (Å²) in [7, 11) is 0. The average molecular weight is 617 g/mol. The normalized spacial score (nSPS) is 15.0. The van der Waals surface area contributed by atoms with Gasteiger partial charge in [0.1, 0.15) is 34.0 Å². The number of aromatic nitrogens is 4.